The fraction of sp³-hybridized carbons (Fsp3) is 0.500. The standard InChI is InChI=1S/C16H22ClNO3/c1-3-12(5-7-15(19)20)8-9-18-16(21)13-6-4-11(2)14(17)10-13/h4,6,10,12H,3,5,7-9H2,1-2H3,(H,18,21)(H,19,20). The number of aliphatic carboxylic acids is 1. The first-order valence-corrected chi connectivity index (χ1v) is 7.58. The van der Waals surface area contributed by atoms with E-state index in [4.69, 9.17) is 16.7 Å². The largest absolute Gasteiger partial charge is 0.481 e. The van der Waals surface area contributed by atoms with Gasteiger partial charge in [-0.3, -0.25) is 9.59 Å². The Bertz CT molecular complexity index is 502. The Morgan fingerprint density at radius 3 is 2.62 bits per heavy atom. The summed E-state index contributed by atoms with van der Waals surface area (Å²) in [6.07, 6.45) is 2.53. The molecule has 1 aromatic carbocycles. The highest BCUT2D eigenvalue weighted by molar-refractivity contribution is 6.31. The monoisotopic (exact) mass is 311 g/mol. The van der Waals surface area contributed by atoms with Crippen LogP contribution in [0.5, 0.6) is 0 Å². The molecule has 0 aliphatic heterocycles. The maximum atomic E-state index is 12.0. The molecule has 0 aromatic heterocycles. The molecule has 116 valence electrons. The lowest BCUT2D eigenvalue weighted by Gasteiger charge is -2.14. The third-order valence-corrected chi connectivity index (χ3v) is 4.02. The van der Waals surface area contributed by atoms with Gasteiger partial charge in [-0.2, -0.15) is 0 Å². The van der Waals surface area contributed by atoms with Crippen molar-refractivity contribution in [2.45, 2.75) is 39.5 Å². The van der Waals surface area contributed by atoms with Gasteiger partial charge >= 0.3 is 5.97 Å². The van der Waals surface area contributed by atoms with Crippen molar-refractivity contribution >= 4 is 23.5 Å². The van der Waals surface area contributed by atoms with Gasteiger partial charge in [-0.1, -0.05) is 31.0 Å². The van der Waals surface area contributed by atoms with E-state index in [-0.39, 0.29) is 12.3 Å². The molecule has 0 fully saturated rings. The van der Waals surface area contributed by atoms with E-state index in [9.17, 15) is 9.59 Å². The van der Waals surface area contributed by atoms with E-state index in [1.54, 1.807) is 12.1 Å². The number of amides is 1. The molecular weight excluding hydrogens is 290 g/mol. The summed E-state index contributed by atoms with van der Waals surface area (Å²) in [6, 6.07) is 5.23. The molecule has 1 rings (SSSR count). The van der Waals surface area contributed by atoms with Crippen molar-refractivity contribution in [3.8, 4) is 0 Å². The van der Waals surface area contributed by atoms with Gasteiger partial charge in [0.1, 0.15) is 0 Å². The first-order valence-electron chi connectivity index (χ1n) is 7.20. The van der Waals surface area contributed by atoms with Crippen LogP contribution in [0.15, 0.2) is 18.2 Å². The van der Waals surface area contributed by atoms with Crippen LogP contribution in [0.2, 0.25) is 5.02 Å². The minimum absolute atomic E-state index is 0.148. The molecule has 0 aliphatic carbocycles. The number of carbonyl (C=O) groups is 2. The molecule has 0 heterocycles. The number of hydrogen-bond acceptors (Lipinski definition) is 2. The lowest BCUT2D eigenvalue weighted by Crippen LogP contribution is -2.26. The van der Waals surface area contributed by atoms with E-state index in [1.165, 1.54) is 0 Å². The van der Waals surface area contributed by atoms with Crippen LogP contribution in [0.3, 0.4) is 0 Å². The molecule has 0 saturated heterocycles. The summed E-state index contributed by atoms with van der Waals surface area (Å²) in [4.78, 5) is 22.5. The van der Waals surface area contributed by atoms with Crippen molar-refractivity contribution in [1.29, 1.82) is 0 Å². The lowest BCUT2D eigenvalue weighted by molar-refractivity contribution is -0.137. The van der Waals surface area contributed by atoms with E-state index in [2.05, 4.69) is 5.32 Å². The zero-order chi connectivity index (χ0) is 15.8. The quantitative estimate of drug-likeness (QED) is 0.770. The molecule has 1 unspecified atom stereocenters. The van der Waals surface area contributed by atoms with E-state index >= 15 is 0 Å². The first kappa shape index (κ1) is 17.5. The van der Waals surface area contributed by atoms with E-state index in [0.29, 0.717) is 29.5 Å². The molecule has 1 aromatic rings. The van der Waals surface area contributed by atoms with Gasteiger partial charge in [0, 0.05) is 23.6 Å². The number of aryl methyl sites for hydroxylation is 1. The fourth-order valence-electron chi connectivity index (χ4n) is 2.11. The third-order valence-electron chi connectivity index (χ3n) is 3.62. The average molecular weight is 312 g/mol. The van der Waals surface area contributed by atoms with Gasteiger partial charge in [-0.15, -0.1) is 0 Å². The van der Waals surface area contributed by atoms with E-state index < -0.39 is 5.97 Å². The number of rotatable bonds is 8. The Labute approximate surface area is 130 Å². The molecule has 1 amide bonds. The van der Waals surface area contributed by atoms with Crippen LogP contribution >= 0.6 is 11.6 Å². The highest BCUT2D eigenvalue weighted by Gasteiger charge is 2.11. The van der Waals surface area contributed by atoms with E-state index in [1.807, 2.05) is 19.9 Å². The summed E-state index contributed by atoms with van der Waals surface area (Å²) in [7, 11) is 0. The van der Waals surface area contributed by atoms with Gasteiger partial charge in [-0.05, 0) is 43.4 Å². The minimum atomic E-state index is -0.771. The number of carboxylic acids is 1. The fourth-order valence-corrected chi connectivity index (χ4v) is 2.29. The van der Waals surface area contributed by atoms with Gasteiger partial charge in [-0.25, -0.2) is 0 Å². The van der Waals surface area contributed by atoms with Gasteiger partial charge in [0.25, 0.3) is 5.91 Å². The van der Waals surface area contributed by atoms with Crippen molar-refractivity contribution in [3.05, 3.63) is 34.3 Å². The molecule has 0 bridgehead atoms. The van der Waals surface area contributed by atoms with Crippen LogP contribution in [0.4, 0.5) is 0 Å². The number of carbonyl (C=O) groups excluding carboxylic acids is 1. The maximum absolute atomic E-state index is 12.0. The number of benzene rings is 1. The van der Waals surface area contributed by atoms with Crippen molar-refractivity contribution < 1.29 is 14.7 Å². The topological polar surface area (TPSA) is 66.4 Å². The molecule has 0 aliphatic rings. The minimum Gasteiger partial charge on any atom is -0.481 e. The normalized spacial score (nSPS) is 12.0. The van der Waals surface area contributed by atoms with Crippen LogP contribution in [0.1, 0.15) is 48.5 Å². The second kappa shape index (κ2) is 8.67. The summed E-state index contributed by atoms with van der Waals surface area (Å²) >= 11 is 6.00. The van der Waals surface area contributed by atoms with Gasteiger partial charge in [0.05, 0.1) is 0 Å². The van der Waals surface area contributed by atoms with Gasteiger partial charge in [0.15, 0.2) is 0 Å². The predicted molar refractivity (Wildman–Crippen MR) is 83.8 cm³/mol. The van der Waals surface area contributed by atoms with E-state index in [0.717, 1.165) is 18.4 Å². The molecule has 5 heteroatoms. The van der Waals surface area contributed by atoms with Crippen molar-refractivity contribution in [1.82, 2.24) is 5.32 Å². The van der Waals surface area contributed by atoms with Crippen LogP contribution in [0, 0.1) is 12.8 Å². The smallest absolute Gasteiger partial charge is 0.303 e. The zero-order valence-electron chi connectivity index (χ0n) is 12.5. The maximum Gasteiger partial charge on any atom is 0.303 e. The van der Waals surface area contributed by atoms with Crippen molar-refractivity contribution in [3.63, 3.8) is 0 Å². The van der Waals surface area contributed by atoms with Crippen LogP contribution in [0.25, 0.3) is 0 Å². The molecule has 21 heavy (non-hydrogen) atoms. The average Bonchev–Trinajstić information content (AvgIpc) is 2.45. The van der Waals surface area contributed by atoms with Gasteiger partial charge in [0.2, 0.25) is 0 Å². The second-order valence-corrected chi connectivity index (χ2v) is 5.62. The van der Waals surface area contributed by atoms with Crippen LogP contribution < -0.4 is 5.32 Å². The zero-order valence-corrected chi connectivity index (χ0v) is 13.2. The molecule has 0 spiro atoms. The summed E-state index contributed by atoms with van der Waals surface area (Å²) in [6.45, 7) is 4.47. The Balaban J connectivity index is 2.41. The van der Waals surface area contributed by atoms with Crippen molar-refractivity contribution in [2.24, 2.45) is 5.92 Å². The summed E-state index contributed by atoms with van der Waals surface area (Å²) in [5.41, 5.74) is 1.48. The van der Waals surface area contributed by atoms with Crippen molar-refractivity contribution in [2.75, 3.05) is 6.54 Å². The summed E-state index contributed by atoms with van der Waals surface area (Å²) < 4.78 is 0. The SMILES string of the molecule is CCC(CCNC(=O)c1ccc(C)c(Cl)c1)CCC(=O)O. The second-order valence-electron chi connectivity index (χ2n) is 5.22. The number of hydrogen-bond donors (Lipinski definition) is 2. The Morgan fingerprint density at radius 2 is 2.05 bits per heavy atom. The Hall–Kier alpha value is -1.55. The third kappa shape index (κ3) is 6.17. The summed E-state index contributed by atoms with van der Waals surface area (Å²) in [5.74, 6) is -0.597. The number of halogens is 1. The molecule has 0 saturated carbocycles. The van der Waals surface area contributed by atoms with Crippen LogP contribution in [-0.2, 0) is 4.79 Å². The summed E-state index contributed by atoms with van der Waals surface area (Å²) in [5, 5.41) is 12.1. The Kier molecular flexibility index (Phi) is 7.23. The first-order chi connectivity index (χ1) is 9.93. The molecular formula is C16H22ClNO3. The lowest BCUT2D eigenvalue weighted by atomic mass is 9.96. The highest BCUT2D eigenvalue weighted by atomic mass is 35.5. The van der Waals surface area contributed by atoms with Crippen LogP contribution in [-0.4, -0.2) is 23.5 Å². The molecule has 0 radical (unpaired) electrons. The van der Waals surface area contributed by atoms with Gasteiger partial charge < -0.3 is 10.4 Å². The molecule has 4 nitrogen and oxygen atoms in total. The molecule has 1 atom stereocenters. The highest BCUT2D eigenvalue weighted by Crippen LogP contribution is 2.17. The number of nitrogens with one attached hydrogen (secondary N) is 1. The predicted octanol–water partition coefficient (Wildman–Crippen LogP) is 3.66. The Morgan fingerprint density at radius 1 is 1.33 bits per heavy atom. The number of carboxylic acid groups (broad SMARTS) is 1. The molecule has 2 N–H and O–H groups in total.